The van der Waals surface area contributed by atoms with Crippen LogP contribution in [0.5, 0.6) is 0 Å². The Labute approximate surface area is 69.8 Å². The first-order valence-electron chi connectivity index (χ1n) is 2.38. The summed E-state index contributed by atoms with van der Waals surface area (Å²) in [6.45, 7) is 0. The van der Waals surface area contributed by atoms with Crippen molar-refractivity contribution in [2.24, 2.45) is 0 Å². The van der Waals surface area contributed by atoms with Gasteiger partial charge in [0.25, 0.3) is 0 Å². The van der Waals surface area contributed by atoms with Gasteiger partial charge in [0, 0.05) is 0 Å². The second-order valence-electron chi connectivity index (χ2n) is 1.63. The molecule has 0 fully saturated rings. The molecule has 0 bridgehead atoms. The molecule has 0 aliphatic carbocycles. The third-order valence-corrected chi connectivity index (χ3v) is 2.10. The average molecular weight is 198 g/mol. The minimum Gasteiger partial charge on any atom is -0.218 e. The van der Waals surface area contributed by atoms with Crippen LogP contribution in [0, 0.1) is 5.95 Å². The summed E-state index contributed by atoms with van der Waals surface area (Å²) in [4.78, 5) is 3.41. The smallest absolute Gasteiger partial charge is 0.218 e. The van der Waals surface area contributed by atoms with Gasteiger partial charge in [-0.2, -0.15) is 4.39 Å². The van der Waals surface area contributed by atoms with E-state index in [0.717, 1.165) is 0 Å². The van der Waals surface area contributed by atoms with Gasteiger partial charge < -0.3 is 0 Å². The maximum Gasteiger partial charge on any atom is 0.232 e. The van der Waals surface area contributed by atoms with Crippen LogP contribution in [0.2, 0.25) is 10.0 Å². The van der Waals surface area contributed by atoms with Crippen molar-refractivity contribution in [2.75, 3.05) is 0 Å². The lowest BCUT2D eigenvalue weighted by atomic mass is 10.5. The van der Waals surface area contributed by atoms with Crippen LogP contribution in [0.15, 0.2) is 6.07 Å². The molecule has 5 heteroatoms. The summed E-state index contributed by atoms with van der Waals surface area (Å²) in [7, 11) is 2.20. The van der Waals surface area contributed by atoms with Crippen LogP contribution >= 0.6 is 32.4 Å². The summed E-state index contributed by atoms with van der Waals surface area (Å²) >= 11 is 10.9. The Hall–Kier alpha value is 0.0900. The van der Waals surface area contributed by atoms with Gasteiger partial charge in [0.15, 0.2) is 0 Å². The Kier molecular flexibility index (Phi) is 2.45. The number of hydrogen-bond acceptors (Lipinski definition) is 1. The first-order chi connectivity index (χ1) is 4.61. The predicted octanol–water partition coefficient (Wildman–Crippen LogP) is 2.03. The first-order valence-corrected chi connectivity index (χ1v) is 3.71. The fourth-order valence-corrected chi connectivity index (χ4v) is 1.01. The van der Waals surface area contributed by atoms with Crippen LogP contribution < -0.4 is 5.44 Å². The van der Waals surface area contributed by atoms with Crippen LogP contribution in [0.1, 0.15) is 0 Å². The summed E-state index contributed by atoms with van der Waals surface area (Å²) in [5.41, 5.74) is 0.364. The van der Waals surface area contributed by atoms with E-state index in [4.69, 9.17) is 23.2 Å². The molecule has 0 saturated heterocycles. The summed E-state index contributed by atoms with van der Waals surface area (Å²) in [5, 5.41) is 0.285. The molecule has 0 aromatic carbocycles. The second kappa shape index (κ2) is 3.00. The first kappa shape index (κ1) is 8.19. The van der Waals surface area contributed by atoms with Gasteiger partial charge in [0.05, 0.1) is 15.5 Å². The third kappa shape index (κ3) is 1.57. The number of nitrogens with zero attached hydrogens (tertiary/aromatic N) is 1. The van der Waals surface area contributed by atoms with Crippen LogP contribution in [0.3, 0.4) is 0 Å². The lowest BCUT2D eigenvalue weighted by molar-refractivity contribution is 0.588. The highest BCUT2D eigenvalue weighted by Gasteiger charge is 2.03. The summed E-state index contributed by atoms with van der Waals surface area (Å²) in [6.07, 6.45) is 0. The number of halogens is 3. The molecule has 54 valence electrons. The van der Waals surface area contributed by atoms with Crippen LogP contribution in [-0.2, 0) is 0 Å². The quantitative estimate of drug-likeness (QED) is 0.459. The minimum absolute atomic E-state index is 0.0591. The molecule has 0 radical (unpaired) electrons. The average Bonchev–Trinajstić information content (AvgIpc) is 1.84. The summed E-state index contributed by atoms with van der Waals surface area (Å²) in [5.74, 6) is -0.698. The van der Waals surface area contributed by atoms with Crippen molar-refractivity contribution in [1.29, 1.82) is 0 Å². The Morgan fingerprint density at radius 3 is 2.50 bits per heavy atom. The standard InChI is InChI=1S/C5H3Cl2FNP/c6-2-1-3(7)5(10)9-4(2)8/h1H,10H2. The SMILES string of the molecule is Fc1nc(P)c(Cl)cc1Cl. The van der Waals surface area contributed by atoms with Crippen molar-refractivity contribution in [1.82, 2.24) is 4.98 Å². The van der Waals surface area contributed by atoms with Crippen molar-refractivity contribution in [3.63, 3.8) is 0 Å². The molecule has 0 aliphatic rings. The molecule has 1 rings (SSSR count). The largest absolute Gasteiger partial charge is 0.232 e. The van der Waals surface area contributed by atoms with Crippen molar-refractivity contribution in [3.8, 4) is 0 Å². The van der Waals surface area contributed by atoms with Gasteiger partial charge in [0.1, 0.15) is 0 Å². The Balaban J connectivity index is 3.28. The van der Waals surface area contributed by atoms with E-state index in [1.807, 2.05) is 0 Å². The fourth-order valence-electron chi connectivity index (χ4n) is 0.457. The van der Waals surface area contributed by atoms with Gasteiger partial charge in [-0.05, 0) is 6.07 Å². The molecule has 0 spiro atoms. The third-order valence-electron chi connectivity index (χ3n) is 0.914. The molecular weight excluding hydrogens is 195 g/mol. The molecule has 1 nitrogen and oxygen atoms in total. The van der Waals surface area contributed by atoms with Gasteiger partial charge >= 0.3 is 0 Å². The van der Waals surface area contributed by atoms with E-state index in [1.165, 1.54) is 6.07 Å². The van der Waals surface area contributed by atoms with Gasteiger partial charge in [-0.15, -0.1) is 0 Å². The van der Waals surface area contributed by atoms with Gasteiger partial charge in [-0.1, -0.05) is 32.4 Å². The van der Waals surface area contributed by atoms with E-state index < -0.39 is 5.95 Å². The molecule has 0 N–H and O–H groups in total. The van der Waals surface area contributed by atoms with E-state index in [-0.39, 0.29) is 5.02 Å². The van der Waals surface area contributed by atoms with E-state index >= 15 is 0 Å². The van der Waals surface area contributed by atoms with Gasteiger partial charge in [0.2, 0.25) is 5.95 Å². The number of pyridine rings is 1. The van der Waals surface area contributed by atoms with Crippen molar-refractivity contribution < 1.29 is 4.39 Å². The zero-order chi connectivity index (χ0) is 7.72. The van der Waals surface area contributed by atoms with Crippen LogP contribution in [0.4, 0.5) is 4.39 Å². The highest BCUT2D eigenvalue weighted by Crippen LogP contribution is 2.16. The monoisotopic (exact) mass is 197 g/mol. The van der Waals surface area contributed by atoms with Crippen molar-refractivity contribution in [3.05, 3.63) is 22.1 Å². The van der Waals surface area contributed by atoms with Crippen molar-refractivity contribution in [2.45, 2.75) is 0 Å². The zero-order valence-electron chi connectivity index (χ0n) is 4.74. The van der Waals surface area contributed by atoms with Crippen molar-refractivity contribution >= 4 is 37.9 Å². The Morgan fingerprint density at radius 2 is 2.00 bits per heavy atom. The molecule has 10 heavy (non-hydrogen) atoms. The zero-order valence-corrected chi connectivity index (χ0v) is 7.40. The fraction of sp³-hybridized carbons (Fsp3) is 0. The topological polar surface area (TPSA) is 12.9 Å². The number of aromatic nitrogens is 1. The molecular formula is C5H3Cl2FNP. The van der Waals surface area contributed by atoms with Gasteiger partial charge in [-0.25, -0.2) is 4.98 Å². The Bertz CT molecular complexity index is 216. The molecule has 0 aliphatic heterocycles. The number of rotatable bonds is 0. The highest BCUT2D eigenvalue weighted by atomic mass is 35.5. The van der Waals surface area contributed by atoms with Gasteiger partial charge in [-0.3, -0.25) is 0 Å². The highest BCUT2D eigenvalue weighted by molar-refractivity contribution is 7.27. The lowest BCUT2D eigenvalue weighted by Gasteiger charge is -1.96. The molecule has 1 aromatic heterocycles. The molecule has 1 heterocycles. The summed E-state index contributed by atoms with van der Waals surface area (Å²) in [6, 6.07) is 1.31. The Morgan fingerprint density at radius 1 is 1.40 bits per heavy atom. The van der Waals surface area contributed by atoms with Crippen LogP contribution in [-0.4, -0.2) is 4.98 Å². The van der Waals surface area contributed by atoms with E-state index in [2.05, 4.69) is 14.2 Å². The normalized spacial score (nSPS) is 10.0. The molecule has 1 unspecified atom stereocenters. The molecule has 0 amide bonds. The molecule has 0 saturated carbocycles. The second-order valence-corrected chi connectivity index (χ2v) is 2.99. The molecule has 1 atom stereocenters. The molecule has 1 aromatic rings. The maximum absolute atomic E-state index is 12.4. The van der Waals surface area contributed by atoms with Crippen LogP contribution in [0.25, 0.3) is 0 Å². The van der Waals surface area contributed by atoms with E-state index in [9.17, 15) is 4.39 Å². The predicted molar refractivity (Wildman–Crippen MR) is 43.6 cm³/mol. The number of hydrogen-bond donors (Lipinski definition) is 0. The minimum atomic E-state index is -0.698. The van der Waals surface area contributed by atoms with E-state index in [0.29, 0.717) is 10.5 Å². The maximum atomic E-state index is 12.4. The van der Waals surface area contributed by atoms with E-state index in [1.54, 1.807) is 0 Å². The summed E-state index contributed by atoms with van der Waals surface area (Å²) < 4.78 is 12.4. The lowest BCUT2D eigenvalue weighted by Crippen LogP contribution is -2.02.